The zero-order valence-electron chi connectivity index (χ0n) is 5.19. The van der Waals surface area contributed by atoms with Crippen LogP contribution in [0.5, 0.6) is 0 Å². The number of hydrogen-bond donors (Lipinski definition) is 1. The molecule has 0 aromatic rings. The van der Waals surface area contributed by atoms with Crippen LogP contribution in [0.25, 0.3) is 0 Å². The Morgan fingerprint density at radius 3 is 2.88 bits per heavy atom. The predicted octanol–water partition coefficient (Wildman–Crippen LogP) is 0.502. The number of carbonyl (C=O) groups is 1. The van der Waals surface area contributed by atoms with Crippen LogP contribution in [-0.2, 0) is 4.79 Å². The van der Waals surface area contributed by atoms with E-state index >= 15 is 0 Å². The SMILES string of the molecule is CC/C=[C]\C(=O)NC. The Kier molecular flexibility index (Phi) is 3.94. The zero-order valence-corrected chi connectivity index (χ0v) is 5.19. The summed E-state index contributed by atoms with van der Waals surface area (Å²) in [5.41, 5.74) is 0. The van der Waals surface area contributed by atoms with E-state index in [0.29, 0.717) is 0 Å². The van der Waals surface area contributed by atoms with Crippen molar-refractivity contribution in [2.45, 2.75) is 13.3 Å². The molecular formula is C6H10NO. The summed E-state index contributed by atoms with van der Waals surface area (Å²) in [7, 11) is 1.58. The maximum atomic E-state index is 10.3. The molecule has 0 fully saturated rings. The standard InChI is InChI=1S/C6H10NO/c1-3-4-5-6(8)7-2/h4H,3H2,1-2H3,(H,7,8). The average Bonchev–Trinajstić information content (AvgIpc) is 1.83. The molecule has 1 N–H and O–H groups in total. The van der Waals surface area contributed by atoms with Gasteiger partial charge in [-0.25, -0.2) is 0 Å². The lowest BCUT2D eigenvalue weighted by atomic mass is 10.4. The van der Waals surface area contributed by atoms with E-state index in [0.717, 1.165) is 6.42 Å². The van der Waals surface area contributed by atoms with E-state index in [9.17, 15) is 4.79 Å². The van der Waals surface area contributed by atoms with Crippen molar-refractivity contribution in [2.75, 3.05) is 7.05 Å². The Balaban J connectivity index is 3.37. The smallest absolute Gasteiger partial charge is 0.251 e. The minimum Gasteiger partial charge on any atom is -0.355 e. The van der Waals surface area contributed by atoms with E-state index in [4.69, 9.17) is 0 Å². The molecule has 0 saturated heterocycles. The molecule has 0 saturated carbocycles. The molecule has 0 unspecified atom stereocenters. The highest BCUT2D eigenvalue weighted by Crippen LogP contribution is 1.75. The van der Waals surface area contributed by atoms with E-state index in [-0.39, 0.29) is 5.91 Å². The topological polar surface area (TPSA) is 29.1 Å². The normalized spacial score (nSPS) is 9.75. The van der Waals surface area contributed by atoms with Crippen LogP contribution in [0, 0.1) is 6.08 Å². The molecule has 8 heavy (non-hydrogen) atoms. The van der Waals surface area contributed by atoms with Crippen molar-refractivity contribution in [1.29, 1.82) is 0 Å². The average molecular weight is 112 g/mol. The van der Waals surface area contributed by atoms with Crippen LogP contribution >= 0.6 is 0 Å². The van der Waals surface area contributed by atoms with Crippen LogP contribution in [0.1, 0.15) is 13.3 Å². The van der Waals surface area contributed by atoms with Gasteiger partial charge in [0.2, 0.25) is 0 Å². The van der Waals surface area contributed by atoms with Crippen molar-refractivity contribution in [1.82, 2.24) is 5.32 Å². The maximum absolute atomic E-state index is 10.3. The molecule has 0 aliphatic rings. The lowest BCUT2D eigenvalue weighted by Gasteiger charge is -1.84. The molecule has 0 aliphatic carbocycles. The van der Waals surface area contributed by atoms with Crippen LogP contribution in [-0.4, -0.2) is 13.0 Å². The summed E-state index contributed by atoms with van der Waals surface area (Å²) in [5.74, 6) is -0.160. The van der Waals surface area contributed by atoms with E-state index in [1.165, 1.54) is 0 Å². The number of likely N-dealkylation sites (N-methyl/N-ethyl adjacent to an activating group) is 1. The molecule has 1 amide bonds. The van der Waals surface area contributed by atoms with Crippen LogP contribution in [0.15, 0.2) is 6.08 Å². The molecule has 0 bridgehead atoms. The first kappa shape index (κ1) is 7.21. The van der Waals surface area contributed by atoms with Gasteiger partial charge < -0.3 is 5.32 Å². The molecule has 1 radical (unpaired) electrons. The summed E-state index contributed by atoms with van der Waals surface area (Å²) < 4.78 is 0. The summed E-state index contributed by atoms with van der Waals surface area (Å²) in [6.45, 7) is 1.95. The van der Waals surface area contributed by atoms with E-state index in [2.05, 4.69) is 11.4 Å². The Hall–Kier alpha value is -0.790. The van der Waals surface area contributed by atoms with Gasteiger partial charge in [0.05, 0.1) is 0 Å². The van der Waals surface area contributed by atoms with Crippen LogP contribution < -0.4 is 5.32 Å². The Labute approximate surface area is 49.6 Å². The Bertz CT molecular complexity index is 96.7. The first-order chi connectivity index (χ1) is 3.81. The highest BCUT2D eigenvalue weighted by Gasteiger charge is 1.84. The second-order valence-electron chi connectivity index (χ2n) is 1.34. The number of hydrogen-bond acceptors (Lipinski definition) is 1. The molecular weight excluding hydrogens is 102 g/mol. The fourth-order valence-electron chi connectivity index (χ4n) is 0.267. The molecule has 0 rings (SSSR count). The summed E-state index contributed by atoms with van der Waals surface area (Å²) in [6.07, 6.45) is 5.05. The number of carbonyl (C=O) groups excluding carboxylic acids is 1. The molecule has 2 heteroatoms. The third-order valence-electron chi connectivity index (χ3n) is 0.664. The second-order valence-corrected chi connectivity index (χ2v) is 1.34. The predicted molar refractivity (Wildman–Crippen MR) is 32.2 cm³/mol. The number of nitrogens with one attached hydrogen (secondary N) is 1. The highest BCUT2D eigenvalue weighted by atomic mass is 16.1. The fraction of sp³-hybridized carbons (Fsp3) is 0.500. The molecule has 0 atom stereocenters. The third kappa shape index (κ3) is 3.40. The first-order valence-electron chi connectivity index (χ1n) is 2.61. The van der Waals surface area contributed by atoms with E-state index in [1.807, 2.05) is 6.92 Å². The zero-order chi connectivity index (χ0) is 6.41. The van der Waals surface area contributed by atoms with Gasteiger partial charge in [-0.05, 0) is 6.42 Å². The maximum Gasteiger partial charge on any atom is 0.251 e. The van der Waals surface area contributed by atoms with Gasteiger partial charge in [-0.2, -0.15) is 0 Å². The molecule has 0 spiro atoms. The molecule has 0 heterocycles. The summed E-state index contributed by atoms with van der Waals surface area (Å²) in [5, 5.41) is 2.42. The van der Waals surface area contributed by atoms with Gasteiger partial charge in [-0.1, -0.05) is 13.0 Å². The van der Waals surface area contributed by atoms with Gasteiger partial charge >= 0.3 is 0 Å². The lowest BCUT2D eigenvalue weighted by molar-refractivity contribution is -0.116. The van der Waals surface area contributed by atoms with Crippen LogP contribution in [0.2, 0.25) is 0 Å². The second kappa shape index (κ2) is 4.37. The van der Waals surface area contributed by atoms with E-state index < -0.39 is 0 Å². The minimum atomic E-state index is -0.160. The van der Waals surface area contributed by atoms with Gasteiger partial charge in [0.1, 0.15) is 0 Å². The molecule has 0 aliphatic heterocycles. The van der Waals surface area contributed by atoms with E-state index in [1.54, 1.807) is 13.1 Å². The number of rotatable bonds is 2. The summed E-state index contributed by atoms with van der Waals surface area (Å²) >= 11 is 0. The molecule has 2 nitrogen and oxygen atoms in total. The quantitative estimate of drug-likeness (QED) is 0.518. The monoisotopic (exact) mass is 112 g/mol. The van der Waals surface area contributed by atoms with Gasteiger partial charge in [0, 0.05) is 13.1 Å². The third-order valence-corrected chi connectivity index (χ3v) is 0.664. The summed E-state index contributed by atoms with van der Waals surface area (Å²) in [4.78, 5) is 10.3. The van der Waals surface area contributed by atoms with Gasteiger partial charge in [0.15, 0.2) is 0 Å². The van der Waals surface area contributed by atoms with Gasteiger partial charge in [0.25, 0.3) is 5.91 Å². The minimum absolute atomic E-state index is 0.160. The van der Waals surface area contributed by atoms with Gasteiger partial charge in [-0.3, -0.25) is 4.79 Å². The van der Waals surface area contributed by atoms with Crippen molar-refractivity contribution in [3.05, 3.63) is 12.2 Å². The lowest BCUT2D eigenvalue weighted by Crippen LogP contribution is -2.14. The van der Waals surface area contributed by atoms with Crippen molar-refractivity contribution in [3.63, 3.8) is 0 Å². The first-order valence-corrected chi connectivity index (χ1v) is 2.61. The number of amides is 1. The molecule has 0 aromatic heterocycles. The largest absolute Gasteiger partial charge is 0.355 e. The van der Waals surface area contributed by atoms with Crippen molar-refractivity contribution >= 4 is 5.91 Å². The van der Waals surface area contributed by atoms with Crippen molar-refractivity contribution in [2.24, 2.45) is 0 Å². The Morgan fingerprint density at radius 1 is 1.88 bits per heavy atom. The molecule has 45 valence electrons. The molecule has 0 aromatic carbocycles. The van der Waals surface area contributed by atoms with Crippen molar-refractivity contribution in [3.8, 4) is 0 Å². The van der Waals surface area contributed by atoms with Gasteiger partial charge in [-0.15, -0.1) is 0 Å². The highest BCUT2D eigenvalue weighted by molar-refractivity contribution is 5.82. The van der Waals surface area contributed by atoms with Crippen molar-refractivity contribution < 1.29 is 4.79 Å². The van der Waals surface area contributed by atoms with Crippen LogP contribution in [0.4, 0.5) is 0 Å². The Morgan fingerprint density at radius 2 is 2.50 bits per heavy atom. The fourth-order valence-corrected chi connectivity index (χ4v) is 0.267. The van der Waals surface area contributed by atoms with Crippen LogP contribution in [0.3, 0.4) is 0 Å². The summed E-state index contributed by atoms with van der Waals surface area (Å²) in [6, 6.07) is 0. The number of allylic oxidation sites excluding steroid dienone is 1.